The molecule has 1 fully saturated rings. The zero-order valence-electron chi connectivity index (χ0n) is 17.3. The number of amides is 1. The van der Waals surface area contributed by atoms with Crippen LogP contribution in [0.25, 0.3) is 5.76 Å². The molecular weight excluding hydrogens is 432 g/mol. The molecule has 1 aromatic carbocycles. The number of likely N-dealkylation sites (tertiary alicyclic amines) is 1. The van der Waals surface area contributed by atoms with Crippen LogP contribution in [0.15, 0.2) is 67.0 Å². The third-order valence-electron chi connectivity index (χ3n) is 5.36. The Morgan fingerprint density at radius 2 is 2.19 bits per heavy atom. The Morgan fingerprint density at radius 1 is 1.34 bits per heavy atom. The van der Waals surface area contributed by atoms with Crippen molar-refractivity contribution in [3.63, 3.8) is 0 Å². The third-order valence-corrected chi connectivity index (χ3v) is 5.66. The zero-order valence-corrected chi connectivity index (χ0v) is 18.1. The molecule has 1 unspecified atom stereocenters. The number of nitrogens with one attached hydrogen (secondary N) is 1. The highest BCUT2D eigenvalue weighted by molar-refractivity contribution is 6.46. The van der Waals surface area contributed by atoms with Gasteiger partial charge in [-0.15, -0.1) is 0 Å². The number of nitrogens with zero attached hydrogens (tertiary/aromatic N) is 3. The van der Waals surface area contributed by atoms with Gasteiger partial charge in [0, 0.05) is 30.9 Å². The maximum absolute atomic E-state index is 13.4. The summed E-state index contributed by atoms with van der Waals surface area (Å²) in [4.78, 5) is 34.4. The lowest BCUT2D eigenvalue weighted by molar-refractivity contribution is -0.695. The summed E-state index contributed by atoms with van der Waals surface area (Å²) in [6.45, 7) is 0.959. The van der Waals surface area contributed by atoms with Crippen molar-refractivity contribution < 1.29 is 24.0 Å². The lowest BCUT2D eigenvalue weighted by atomic mass is 9.96. The molecule has 0 saturated carbocycles. The van der Waals surface area contributed by atoms with Crippen LogP contribution >= 0.6 is 11.6 Å². The van der Waals surface area contributed by atoms with Crippen molar-refractivity contribution in [2.24, 2.45) is 0 Å². The molecule has 8 nitrogen and oxygen atoms in total. The molecule has 1 atom stereocenters. The van der Waals surface area contributed by atoms with Crippen LogP contribution < -0.4 is 14.4 Å². The van der Waals surface area contributed by atoms with Crippen molar-refractivity contribution in [1.29, 1.82) is 0 Å². The van der Waals surface area contributed by atoms with Crippen LogP contribution in [0, 0.1) is 0 Å². The normalized spacial score (nSPS) is 17.7. The summed E-state index contributed by atoms with van der Waals surface area (Å²) in [5.74, 6) is -1.62. The molecule has 1 saturated heterocycles. The van der Waals surface area contributed by atoms with Crippen molar-refractivity contribution in [2.45, 2.75) is 19.0 Å². The largest absolute Gasteiger partial charge is 0.872 e. The molecule has 164 valence electrons. The first-order chi connectivity index (χ1) is 15.5. The second-order valence-corrected chi connectivity index (χ2v) is 7.72. The Labute approximate surface area is 189 Å². The van der Waals surface area contributed by atoms with Crippen molar-refractivity contribution in [2.75, 3.05) is 13.7 Å². The van der Waals surface area contributed by atoms with E-state index in [1.165, 1.54) is 24.1 Å². The number of halogens is 1. The molecule has 1 amide bonds. The number of hydrogen-bond acceptors (Lipinski definition) is 5. The molecule has 32 heavy (non-hydrogen) atoms. The number of Topliss-reactive ketones (excluding diaryl/α,β-unsaturated/α-hetero) is 1. The zero-order chi connectivity index (χ0) is 22.7. The Balaban J connectivity index is 1.72. The van der Waals surface area contributed by atoms with Gasteiger partial charge in [-0.1, -0.05) is 29.5 Å². The fourth-order valence-corrected chi connectivity index (χ4v) is 4.09. The van der Waals surface area contributed by atoms with Crippen LogP contribution in [-0.2, 0) is 16.1 Å². The van der Waals surface area contributed by atoms with E-state index in [1.54, 1.807) is 36.8 Å². The van der Waals surface area contributed by atoms with E-state index in [1.807, 2.05) is 17.1 Å². The van der Waals surface area contributed by atoms with E-state index in [9.17, 15) is 14.7 Å². The van der Waals surface area contributed by atoms with Gasteiger partial charge in [-0.05, 0) is 29.3 Å². The van der Waals surface area contributed by atoms with Crippen LogP contribution in [0.4, 0.5) is 0 Å². The van der Waals surface area contributed by atoms with Crippen LogP contribution in [0.5, 0.6) is 5.75 Å². The highest BCUT2D eigenvalue weighted by Gasteiger charge is 2.44. The van der Waals surface area contributed by atoms with Gasteiger partial charge >= 0.3 is 0 Å². The molecule has 0 bridgehead atoms. The van der Waals surface area contributed by atoms with E-state index >= 15 is 0 Å². The number of carbonyl (C=O) groups is 2. The fraction of sp³-hybridized carbons (Fsp3) is 0.217. The highest BCUT2D eigenvalue weighted by atomic mass is 35.5. The molecule has 0 radical (unpaired) electrons. The first-order valence-corrected chi connectivity index (χ1v) is 10.4. The molecule has 1 aliphatic rings. The van der Waals surface area contributed by atoms with Crippen molar-refractivity contribution in [1.82, 2.24) is 14.9 Å². The second-order valence-electron chi connectivity index (χ2n) is 7.31. The van der Waals surface area contributed by atoms with E-state index in [4.69, 9.17) is 16.3 Å². The number of ether oxygens (including phenoxy) is 1. The first kappa shape index (κ1) is 21.6. The Bertz CT molecular complexity index is 1160. The van der Waals surface area contributed by atoms with Gasteiger partial charge in [0.05, 0.1) is 24.7 Å². The summed E-state index contributed by atoms with van der Waals surface area (Å²) in [5.41, 5.74) is 0.716. The van der Waals surface area contributed by atoms with Gasteiger partial charge in [0.2, 0.25) is 12.1 Å². The summed E-state index contributed by atoms with van der Waals surface area (Å²) in [7, 11) is 1.47. The van der Waals surface area contributed by atoms with E-state index in [2.05, 4.69) is 9.97 Å². The van der Waals surface area contributed by atoms with Crippen molar-refractivity contribution in [3.8, 4) is 5.75 Å². The number of rotatable bonds is 7. The minimum Gasteiger partial charge on any atom is -0.872 e. The second kappa shape index (κ2) is 9.23. The van der Waals surface area contributed by atoms with Gasteiger partial charge in [0.1, 0.15) is 18.1 Å². The smallest absolute Gasteiger partial charge is 0.295 e. The fourth-order valence-electron chi connectivity index (χ4n) is 3.83. The molecule has 9 heteroatoms. The van der Waals surface area contributed by atoms with Crippen LogP contribution in [0.1, 0.15) is 23.6 Å². The van der Waals surface area contributed by atoms with E-state index in [-0.39, 0.29) is 16.2 Å². The number of pyridine rings is 1. The summed E-state index contributed by atoms with van der Waals surface area (Å²) in [5, 5.41) is 13.6. The quantitative estimate of drug-likeness (QED) is 0.254. The Hall–Kier alpha value is -3.65. The predicted molar refractivity (Wildman–Crippen MR) is 114 cm³/mol. The molecule has 0 aliphatic carbocycles. The molecule has 2 aromatic heterocycles. The summed E-state index contributed by atoms with van der Waals surface area (Å²) in [6.07, 6.45) is 9.26. The van der Waals surface area contributed by atoms with Gasteiger partial charge in [-0.3, -0.25) is 19.6 Å². The SMILES string of the molecule is COc1ccc(/C([O-])=C2\C(=O)C(=O)N(CCC[n+]3cc[nH]c3)C2c2cccnc2)cc1Cl. The maximum atomic E-state index is 13.4. The Kier molecular flexibility index (Phi) is 6.23. The van der Waals surface area contributed by atoms with Gasteiger partial charge in [0.25, 0.3) is 5.91 Å². The Morgan fingerprint density at radius 3 is 2.84 bits per heavy atom. The number of H-pyrrole nitrogens is 1. The third kappa shape index (κ3) is 4.09. The van der Waals surface area contributed by atoms with E-state index < -0.39 is 23.5 Å². The molecule has 4 rings (SSSR count). The minimum atomic E-state index is -0.812. The standard InChI is InChI=1S/C23H21ClN4O4/c1-32-18-6-5-15(12-17(18)24)21(29)19-20(16-4-2-7-25-13-16)28(23(31)22(19)30)10-3-9-27-11-8-26-14-27/h2,4-8,11-14,20H,3,9-10H2,1H3,(H,29,30). The molecule has 1 aliphatic heterocycles. The molecule has 3 aromatic rings. The summed E-state index contributed by atoms with van der Waals surface area (Å²) >= 11 is 6.18. The van der Waals surface area contributed by atoms with Gasteiger partial charge in [-0.2, -0.15) is 0 Å². The van der Waals surface area contributed by atoms with E-state index in [0.717, 1.165) is 0 Å². The lowest BCUT2D eigenvalue weighted by Crippen LogP contribution is -2.36. The average Bonchev–Trinajstić information content (AvgIpc) is 3.41. The molecule has 0 spiro atoms. The number of carbonyl (C=O) groups excluding carboxylic acids is 2. The van der Waals surface area contributed by atoms with Gasteiger partial charge < -0.3 is 14.7 Å². The van der Waals surface area contributed by atoms with Crippen LogP contribution in [0.3, 0.4) is 0 Å². The number of aromatic nitrogens is 3. The summed E-state index contributed by atoms with van der Waals surface area (Å²) < 4.78 is 7.08. The number of imidazole rings is 1. The number of ketones is 1. The number of methoxy groups -OCH3 is 1. The number of aromatic amines is 1. The molecule has 1 N–H and O–H groups in total. The average molecular weight is 453 g/mol. The highest BCUT2D eigenvalue weighted by Crippen LogP contribution is 2.39. The number of aryl methyl sites for hydroxylation is 1. The molecule has 3 heterocycles. The first-order valence-electron chi connectivity index (χ1n) is 10.0. The minimum absolute atomic E-state index is 0.0986. The summed E-state index contributed by atoms with van der Waals surface area (Å²) in [6, 6.07) is 7.19. The van der Waals surface area contributed by atoms with Crippen LogP contribution in [-0.4, -0.2) is 40.2 Å². The van der Waals surface area contributed by atoms with E-state index in [0.29, 0.717) is 30.8 Å². The van der Waals surface area contributed by atoms with Gasteiger partial charge in [0.15, 0.2) is 0 Å². The topological polar surface area (TPSA) is 102 Å². The predicted octanol–water partition coefficient (Wildman–Crippen LogP) is 1.67. The van der Waals surface area contributed by atoms with Crippen molar-refractivity contribution >= 4 is 29.1 Å². The number of benzene rings is 1. The van der Waals surface area contributed by atoms with Crippen LogP contribution in [0.2, 0.25) is 5.02 Å². The number of hydrogen-bond donors (Lipinski definition) is 1. The van der Waals surface area contributed by atoms with Gasteiger partial charge in [-0.25, -0.2) is 4.57 Å². The van der Waals surface area contributed by atoms with Crippen molar-refractivity contribution in [3.05, 3.63) is 83.2 Å². The monoisotopic (exact) mass is 452 g/mol. The lowest BCUT2D eigenvalue weighted by Gasteiger charge is -2.27. The maximum Gasteiger partial charge on any atom is 0.295 e. The molecular formula is C23H21ClN4O4.